The Morgan fingerprint density at radius 2 is 1.39 bits per heavy atom. The van der Waals surface area contributed by atoms with Crippen molar-refractivity contribution in [3.63, 3.8) is 0 Å². The summed E-state index contributed by atoms with van der Waals surface area (Å²) >= 11 is 0.872. The quantitative estimate of drug-likeness (QED) is 0.363. The van der Waals surface area contributed by atoms with E-state index in [2.05, 4.69) is 4.98 Å². The zero-order valence-corrected chi connectivity index (χ0v) is 19.6. The van der Waals surface area contributed by atoms with E-state index in [0.717, 1.165) is 17.6 Å². The first-order valence-corrected chi connectivity index (χ1v) is 13.9. The van der Waals surface area contributed by atoms with Gasteiger partial charge >= 0.3 is 0 Å². The molecule has 0 amide bonds. The van der Waals surface area contributed by atoms with E-state index in [9.17, 15) is 25.6 Å². The van der Waals surface area contributed by atoms with Gasteiger partial charge in [0.2, 0.25) is 14.2 Å². The maximum absolute atomic E-state index is 13.5. The summed E-state index contributed by atoms with van der Waals surface area (Å²) in [5.41, 5.74) is 1.30. The summed E-state index contributed by atoms with van der Waals surface area (Å²) in [5, 5.41) is 0. The molecule has 0 aliphatic heterocycles. The van der Waals surface area contributed by atoms with Crippen molar-refractivity contribution in [3.05, 3.63) is 90.0 Å². The van der Waals surface area contributed by atoms with Gasteiger partial charge in [-0.15, -0.1) is 11.3 Å². The molecule has 0 aliphatic carbocycles. The lowest BCUT2D eigenvalue weighted by atomic mass is 10.1. The SMILES string of the molecule is CS(=O)(=O)c1ccccc1-c1nc(S(=O)(=O)Cc2ccc(F)cc2)sc1-c1ccc(F)cc1. The van der Waals surface area contributed by atoms with Crippen molar-refractivity contribution in [2.45, 2.75) is 15.0 Å². The van der Waals surface area contributed by atoms with E-state index in [4.69, 9.17) is 0 Å². The molecule has 0 radical (unpaired) electrons. The minimum absolute atomic E-state index is 0.00106. The van der Waals surface area contributed by atoms with Crippen LogP contribution in [0.4, 0.5) is 8.78 Å². The van der Waals surface area contributed by atoms with Gasteiger partial charge < -0.3 is 0 Å². The van der Waals surface area contributed by atoms with Gasteiger partial charge in [0.15, 0.2) is 9.84 Å². The molecule has 33 heavy (non-hydrogen) atoms. The van der Waals surface area contributed by atoms with Gasteiger partial charge in [-0.1, -0.05) is 42.5 Å². The molecule has 0 spiro atoms. The molecule has 0 atom stereocenters. The Labute approximate surface area is 194 Å². The molecular formula is C23H17F2NO4S3. The second-order valence-electron chi connectivity index (χ2n) is 7.32. The zero-order chi connectivity index (χ0) is 23.8. The van der Waals surface area contributed by atoms with Crippen LogP contribution in [0, 0.1) is 11.6 Å². The molecule has 3 aromatic carbocycles. The van der Waals surface area contributed by atoms with E-state index in [0.29, 0.717) is 16.0 Å². The average molecular weight is 506 g/mol. The van der Waals surface area contributed by atoms with E-state index in [-0.39, 0.29) is 20.5 Å². The van der Waals surface area contributed by atoms with Crippen LogP contribution in [0.25, 0.3) is 21.7 Å². The summed E-state index contributed by atoms with van der Waals surface area (Å²) in [5.74, 6) is -1.36. The van der Waals surface area contributed by atoms with E-state index in [1.165, 1.54) is 54.6 Å². The van der Waals surface area contributed by atoms with Crippen LogP contribution in [0.5, 0.6) is 0 Å². The molecule has 4 aromatic rings. The summed E-state index contributed by atoms with van der Waals surface area (Å²) in [6.07, 6.45) is 1.06. The van der Waals surface area contributed by atoms with Gasteiger partial charge in [-0.3, -0.25) is 0 Å². The van der Waals surface area contributed by atoms with E-state index < -0.39 is 37.1 Å². The Kier molecular flexibility index (Phi) is 6.17. The lowest BCUT2D eigenvalue weighted by Gasteiger charge is -2.08. The van der Waals surface area contributed by atoms with Crippen molar-refractivity contribution in [3.8, 4) is 21.7 Å². The Bertz CT molecular complexity index is 1530. The predicted octanol–water partition coefficient (Wildman–Crippen LogP) is 5.13. The fourth-order valence-electron chi connectivity index (χ4n) is 3.26. The number of benzene rings is 3. The highest BCUT2D eigenvalue weighted by molar-refractivity contribution is 7.92. The molecule has 10 heteroatoms. The molecule has 4 rings (SSSR count). The predicted molar refractivity (Wildman–Crippen MR) is 123 cm³/mol. The Hall–Kier alpha value is -2.95. The van der Waals surface area contributed by atoms with Crippen LogP contribution in [-0.2, 0) is 25.4 Å². The molecule has 170 valence electrons. The molecule has 0 fully saturated rings. The molecule has 0 saturated heterocycles. The summed E-state index contributed by atoms with van der Waals surface area (Å²) < 4.78 is 77.5. The number of hydrogen-bond acceptors (Lipinski definition) is 6. The third-order valence-corrected chi connectivity index (χ3v) is 9.19. The molecule has 0 bridgehead atoms. The fourth-order valence-corrected chi connectivity index (χ4v) is 6.89. The summed E-state index contributed by atoms with van der Waals surface area (Å²) in [6, 6.07) is 16.7. The highest BCUT2D eigenvalue weighted by Gasteiger charge is 2.27. The molecule has 0 unspecified atom stereocenters. The highest BCUT2D eigenvalue weighted by atomic mass is 32.2. The van der Waals surface area contributed by atoms with E-state index in [1.807, 2.05) is 0 Å². The maximum Gasteiger partial charge on any atom is 0.210 e. The minimum atomic E-state index is -3.94. The van der Waals surface area contributed by atoms with Crippen molar-refractivity contribution in [1.82, 2.24) is 4.98 Å². The largest absolute Gasteiger partial charge is 0.224 e. The second kappa shape index (κ2) is 8.77. The first-order chi connectivity index (χ1) is 15.5. The van der Waals surface area contributed by atoms with Gasteiger partial charge in [0.1, 0.15) is 11.6 Å². The number of halogens is 2. The van der Waals surface area contributed by atoms with Crippen LogP contribution in [0.15, 0.2) is 82.0 Å². The van der Waals surface area contributed by atoms with Gasteiger partial charge in [0.25, 0.3) is 0 Å². The lowest BCUT2D eigenvalue weighted by molar-refractivity contribution is 0.594. The number of hydrogen-bond donors (Lipinski definition) is 0. The molecule has 1 heterocycles. The minimum Gasteiger partial charge on any atom is -0.224 e. The van der Waals surface area contributed by atoms with E-state index >= 15 is 0 Å². The van der Waals surface area contributed by atoms with Gasteiger partial charge in [-0.25, -0.2) is 30.6 Å². The van der Waals surface area contributed by atoms with Crippen LogP contribution in [0.1, 0.15) is 5.56 Å². The molecule has 0 N–H and O–H groups in total. The van der Waals surface area contributed by atoms with E-state index in [1.54, 1.807) is 18.2 Å². The van der Waals surface area contributed by atoms with Crippen molar-refractivity contribution in [2.24, 2.45) is 0 Å². The lowest BCUT2D eigenvalue weighted by Crippen LogP contribution is -2.05. The highest BCUT2D eigenvalue weighted by Crippen LogP contribution is 2.41. The van der Waals surface area contributed by atoms with Crippen molar-refractivity contribution >= 4 is 31.0 Å². The van der Waals surface area contributed by atoms with Crippen LogP contribution < -0.4 is 0 Å². The monoisotopic (exact) mass is 505 g/mol. The third-order valence-electron chi connectivity index (χ3n) is 4.79. The number of rotatable bonds is 6. The van der Waals surface area contributed by atoms with Crippen molar-refractivity contribution < 1.29 is 25.6 Å². The average Bonchev–Trinajstić information content (AvgIpc) is 3.22. The van der Waals surface area contributed by atoms with Crippen LogP contribution >= 0.6 is 11.3 Å². The summed E-state index contributed by atoms with van der Waals surface area (Å²) in [7, 11) is -7.59. The number of sulfone groups is 2. The Balaban J connectivity index is 1.90. The summed E-state index contributed by atoms with van der Waals surface area (Å²) in [4.78, 5) is 4.73. The molecule has 5 nitrogen and oxygen atoms in total. The second-order valence-corrected chi connectivity index (χ2v) is 12.5. The fraction of sp³-hybridized carbons (Fsp3) is 0.0870. The molecule has 1 aromatic heterocycles. The standard InChI is InChI=1S/C23H17F2NO4S3/c1-32(27,28)20-5-3-2-4-19(20)21-22(16-8-12-18(25)13-9-16)31-23(26-21)33(29,30)14-15-6-10-17(24)11-7-15/h2-13H,14H2,1H3. The maximum atomic E-state index is 13.5. The normalized spacial score (nSPS) is 12.1. The topological polar surface area (TPSA) is 81.2 Å². The van der Waals surface area contributed by atoms with Crippen molar-refractivity contribution in [2.75, 3.05) is 6.26 Å². The number of aromatic nitrogens is 1. The number of thiazole rings is 1. The third kappa shape index (κ3) is 5.02. The van der Waals surface area contributed by atoms with Gasteiger partial charge in [-0.05, 0) is 41.5 Å². The Morgan fingerprint density at radius 3 is 2.00 bits per heavy atom. The Morgan fingerprint density at radius 1 is 0.818 bits per heavy atom. The van der Waals surface area contributed by atoms with Gasteiger partial charge in [0, 0.05) is 11.8 Å². The smallest absolute Gasteiger partial charge is 0.210 e. The van der Waals surface area contributed by atoms with Crippen LogP contribution in [-0.4, -0.2) is 28.1 Å². The van der Waals surface area contributed by atoms with Gasteiger partial charge in [-0.2, -0.15) is 0 Å². The summed E-state index contributed by atoms with van der Waals surface area (Å²) in [6.45, 7) is 0. The molecule has 0 saturated carbocycles. The molecule has 0 aliphatic rings. The first kappa shape index (κ1) is 23.2. The van der Waals surface area contributed by atoms with Crippen molar-refractivity contribution in [1.29, 1.82) is 0 Å². The molecular weight excluding hydrogens is 488 g/mol. The zero-order valence-electron chi connectivity index (χ0n) is 17.2. The van der Waals surface area contributed by atoms with Gasteiger partial charge in [0.05, 0.1) is 21.2 Å². The van der Waals surface area contributed by atoms with Crippen LogP contribution in [0.2, 0.25) is 0 Å². The number of nitrogens with zero attached hydrogens (tertiary/aromatic N) is 1. The van der Waals surface area contributed by atoms with Crippen LogP contribution in [0.3, 0.4) is 0 Å². The first-order valence-electron chi connectivity index (χ1n) is 9.58.